The van der Waals surface area contributed by atoms with Gasteiger partial charge in [-0.25, -0.2) is 0 Å². The molecule has 18 nitrogen and oxygen atoms in total. The van der Waals surface area contributed by atoms with E-state index in [1.165, 1.54) is 28.3 Å². The standard InChI is InChI=1S/C33H37N3O15/c1-11-7-14-20(24(41)22-21(26(14)42-4)16(38)9-17(39)23(22)40)27-19(11)28-29-32(49-27,31(10-45-31)33(50-28,51-29)30(43-5)44-6)48-18-8-15(35-36-34)25(12(2)46-18)47-13(3)37/h7,12,15-18,25,28-30,38-39,41H,8-10H2,1-6H3/t12-,15-,16-,17-,18-,25+,28-,29-,31-,32+,33-/m0/s1. The molecule has 0 unspecified atom stereocenters. The van der Waals surface area contributed by atoms with Crippen molar-refractivity contribution in [2.24, 2.45) is 5.11 Å². The van der Waals surface area contributed by atoms with Crippen LogP contribution >= 0.6 is 0 Å². The summed E-state index contributed by atoms with van der Waals surface area (Å²) >= 11 is 0. The number of aromatic hydroxyl groups is 1. The van der Waals surface area contributed by atoms with Crippen molar-refractivity contribution in [3.63, 3.8) is 0 Å². The van der Waals surface area contributed by atoms with E-state index in [1.54, 1.807) is 19.9 Å². The highest BCUT2D eigenvalue weighted by molar-refractivity contribution is 6.13. The smallest absolute Gasteiger partial charge is 0.303 e. The molecule has 18 heteroatoms. The fourth-order valence-corrected chi connectivity index (χ4v) is 8.75. The number of ketones is 1. The van der Waals surface area contributed by atoms with Gasteiger partial charge in [0.2, 0.25) is 11.9 Å². The van der Waals surface area contributed by atoms with Crippen LogP contribution in [0.1, 0.15) is 65.9 Å². The minimum atomic E-state index is -1.92. The number of esters is 1. The highest BCUT2D eigenvalue weighted by Crippen LogP contribution is 2.72. The molecular formula is C33H37N3O15. The van der Waals surface area contributed by atoms with E-state index in [0.29, 0.717) is 16.5 Å². The molecule has 0 aromatic heterocycles. The van der Waals surface area contributed by atoms with Gasteiger partial charge >= 0.3 is 5.97 Å². The number of nitrogens with zero attached hydrogens (tertiary/aromatic N) is 3. The van der Waals surface area contributed by atoms with Crippen molar-refractivity contribution in [1.82, 2.24) is 0 Å². The molecule has 5 aliphatic heterocycles. The normalized spacial score (nSPS) is 38.6. The zero-order valence-corrected chi connectivity index (χ0v) is 28.5. The summed E-state index contributed by atoms with van der Waals surface area (Å²) in [6, 6.07) is 0.821. The van der Waals surface area contributed by atoms with Crippen LogP contribution in [0.2, 0.25) is 0 Å². The molecule has 8 rings (SSSR count). The van der Waals surface area contributed by atoms with Crippen LogP contribution in [0.5, 0.6) is 17.2 Å². The van der Waals surface area contributed by atoms with Crippen LogP contribution in [0.25, 0.3) is 21.2 Å². The molecule has 4 fully saturated rings. The zero-order valence-electron chi connectivity index (χ0n) is 28.5. The second-order valence-electron chi connectivity index (χ2n) is 13.6. The SMILES string of the molecule is COc1c2c(c(O)c3c4c(c(C)cc13)[C@@H]1O[C@@]3(C(OC)OC)O[C@@H]1[C@@](O[C@H]1C[C@H](N=[N+]=[N-])[C@H](OC(C)=O)[C@H](C)O1)(O4)[C@@]31CO1)C(=O)[C@@H](O)C[C@@H]2O. The number of hydrogen-bond acceptors (Lipinski definition) is 16. The van der Waals surface area contributed by atoms with Gasteiger partial charge in [-0.3, -0.25) is 9.59 Å². The molecule has 274 valence electrons. The quantitative estimate of drug-likeness (QED) is 0.0887. The molecule has 3 N–H and O–H groups in total. The maximum atomic E-state index is 13.4. The summed E-state index contributed by atoms with van der Waals surface area (Å²) in [7, 11) is 4.19. The van der Waals surface area contributed by atoms with Crippen molar-refractivity contribution in [1.29, 1.82) is 0 Å². The number of epoxide rings is 1. The fraction of sp³-hybridized carbons (Fsp3) is 0.636. The molecule has 2 aromatic carbocycles. The Labute approximate surface area is 289 Å². The molecular weight excluding hydrogens is 678 g/mol. The van der Waals surface area contributed by atoms with E-state index in [0.717, 1.165) is 0 Å². The van der Waals surface area contributed by atoms with Gasteiger partial charge in [-0.05, 0) is 31.0 Å². The van der Waals surface area contributed by atoms with Gasteiger partial charge in [0.25, 0.3) is 11.6 Å². The Morgan fingerprint density at radius 1 is 1.14 bits per heavy atom. The fourth-order valence-electron chi connectivity index (χ4n) is 8.75. The number of carbonyl (C=O) groups is 2. The Morgan fingerprint density at radius 3 is 2.49 bits per heavy atom. The summed E-state index contributed by atoms with van der Waals surface area (Å²) in [6.45, 7) is 4.64. The van der Waals surface area contributed by atoms with E-state index in [2.05, 4.69) is 10.0 Å². The highest BCUT2D eigenvalue weighted by atomic mass is 16.9. The van der Waals surface area contributed by atoms with Crippen LogP contribution < -0.4 is 9.47 Å². The number of hydrogen-bond donors (Lipinski definition) is 3. The number of aliphatic hydroxyl groups excluding tert-OH is 2. The Balaban J connectivity index is 1.34. The van der Waals surface area contributed by atoms with E-state index >= 15 is 0 Å². The van der Waals surface area contributed by atoms with Crippen LogP contribution in [0.4, 0.5) is 0 Å². The highest BCUT2D eigenvalue weighted by Gasteiger charge is 2.94. The van der Waals surface area contributed by atoms with Gasteiger partial charge in [0.05, 0.1) is 42.9 Å². The second-order valence-corrected chi connectivity index (χ2v) is 13.6. The maximum Gasteiger partial charge on any atom is 0.303 e. The third-order valence-corrected chi connectivity index (χ3v) is 10.8. The number of fused-ring (bicyclic) bond motifs is 8. The molecule has 1 aliphatic carbocycles. The summed E-state index contributed by atoms with van der Waals surface area (Å²) in [5.74, 6) is -5.45. The topological polar surface area (TPSA) is 239 Å². The average molecular weight is 716 g/mol. The minimum absolute atomic E-state index is 0.0286. The van der Waals surface area contributed by atoms with Crippen molar-refractivity contribution >= 4 is 22.5 Å². The number of benzene rings is 2. The van der Waals surface area contributed by atoms with E-state index in [-0.39, 0.29) is 47.5 Å². The average Bonchev–Trinajstić information content (AvgIpc) is 3.75. The number of aryl methyl sites for hydroxylation is 1. The van der Waals surface area contributed by atoms with Crippen molar-refractivity contribution in [3.8, 4) is 17.2 Å². The van der Waals surface area contributed by atoms with Gasteiger partial charge in [0.1, 0.15) is 35.6 Å². The lowest BCUT2D eigenvalue weighted by Gasteiger charge is -2.51. The van der Waals surface area contributed by atoms with Gasteiger partial charge in [-0.2, -0.15) is 0 Å². The Kier molecular flexibility index (Phi) is 7.80. The number of azide groups is 1. The second kappa shape index (κ2) is 11.6. The predicted octanol–water partition coefficient (Wildman–Crippen LogP) is 2.25. The van der Waals surface area contributed by atoms with Crippen LogP contribution in [0.3, 0.4) is 0 Å². The monoisotopic (exact) mass is 715 g/mol. The van der Waals surface area contributed by atoms with E-state index in [4.69, 9.17) is 47.4 Å². The Morgan fingerprint density at radius 2 is 1.86 bits per heavy atom. The van der Waals surface area contributed by atoms with Gasteiger partial charge in [-0.1, -0.05) is 5.11 Å². The van der Waals surface area contributed by atoms with Gasteiger partial charge in [0, 0.05) is 55.4 Å². The first-order valence-electron chi connectivity index (χ1n) is 16.4. The Hall–Kier alpha value is -3.81. The van der Waals surface area contributed by atoms with E-state index in [1.807, 2.05) is 0 Å². The van der Waals surface area contributed by atoms with Crippen molar-refractivity contribution in [2.75, 3.05) is 27.9 Å². The molecule has 4 saturated heterocycles. The minimum Gasteiger partial charge on any atom is -0.506 e. The lowest BCUT2D eigenvalue weighted by atomic mass is 9.77. The first-order valence-corrected chi connectivity index (χ1v) is 16.4. The third-order valence-electron chi connectivity index (χ3n) is 10.8. The maximum absolute atomic E-state index is 13.4. The van der Waals surface area contributed by atoms with Gasteiger partial charge in [-0.15, -0.1) is 0 Å². The van der Waals surface area contributed by atoms with Crippen molar-refractivity contribution in [2.45, 2.75) is 106 Å². The number of rotatable bonds is 8. The molecule has 2 bridgehead atoms. The number of phenols is 1. The van der Waals surface area contributed by atoms with Gasteiger partial charge < -0.3 is 62.7 Å². The van der Waals surface area contributed by atoms with E-state index < -0.39 is 89.9 Å². The molecule has 6 aliphatic rings. The molecule has 0 radical (unpaired) electrons. The van der Waals surface area contributed by atoms with Crippen LogP contribution in [-0.4, -0.2) is 115 Å². The molecule has 0 amide bonds. The molecule has 2 aromatic rings. The predicted molar refractivity (Wildman–Crippen MR) is 167 cm³/mol. The largest absolute Gasteiger partial charge is 0.506 e. The zero-order chi connectivity index (χ0) is 36.4. The summed E-state index contributed by atoms with van der Waals surface area (Å²) in [6.07, 6.45) is -9.30. The van der Waals surface area contributed by atoms with Crippen LogP contribution in [0.15, 0.2) is 11.2 Å². The first-order chi connectivity index (χ1) is 24.3. The number of aliphatic hydroxyl groups is 2. The third kappa shape index (κ3) is 4.34. The van der Waals surface area contributed by atoms with Crippen molar-refractivity contribution < 1.29 is 72.3 Å². The molecule has 51 heavy (non-hydrogen) atoms. The molecule has 11 atom stereocenters. The number of ether oxygens (including phenoxy) is 10. The lowest BCUT2D eigenvalue weighted by Crippen LogP contribution is -2.71. The summed E-state index contributed by atoms with van der Waals surface area (Å²) in [5, 5.41) is 37.7. The first kappa shape index (κ1) is 34.3. The molecule has 1 spiro atoms. The van der Waals surface area contributed by atoms with Crippen LogP contribution in [-0.2, 0) is 42.7 Å². The van der Waals surface area contributed by atoms with Crippen LogP contribution in [0, 0.1) is 6.92 Å². The molecule has 0 saturated carbocycles. The summed E-state index contributed by atoms with van der Waals surface area (Å²) in [5.41, 5.74) is 8.61. The van der Waals surface area contributed by atoms with Crippen molar-refractivity contribution in [3.05, 3.63) is 38.8 Å². The number of phenolic OH excluding ortho intramolecular Hbond substituents is 1. The molecule has 5 heterocycles. The lowest BCUT2D eigenvalue weighted by molar-refractivity contribution is -0.378. The van der Waals surface area contributed by atoms with Gasteiger partial charge in [0.15, 0.2) is 18.2 Å². The Bertz CT molecular complexity index is 1890. The van der Waals surface area contributed by atoms with E-state index in [9.17, 15) is 30.4 Å². The number of Topliss-reactive ketones (excluding diaryl/α,β-unsaturated/α-hetero) is 1. The number of methoxy groups -OCH3 is 3. The summed E-state index contributed by atoms with van der Waals surface area (Å²) < 4.78 is 62.2. The summed E-state index contributed by atoms with van der Waals surface area (Å²) in [4.78, 5) is 28.3. The number of carbonyl (C=O) groups excluding carboxylic acids is 2.